The fourth-order valence-corrected chi connectivity index (χ4v) is 3.88. The summed E-state index contributed by atoms with van der Waals surface area (Å²) in [4.78, 5) is 28.0. The highest BCUT2D eigenvalue weighted by molar-refractivity contribution is 6.33. The van der Waals surface area contributed by atoms with Gasteiger partial charge < -0.3 is 10.2 Å². The first-order chi connectivity index (χ1) is 14.1. The lowest BCUT2D eigenvalue weighted by molar-refractivity contribution is -0.126. The number of halogens is 1. The smallest absolute Gasteiger partial charge is 0.256 e. The van der Waals surface area contributed by atoms with E-state index in [1.807, 2.05) is 54.6 Å². The second-order valence-corrected chi connectivity index (χ2v) is 7.51. The van der Waals surface area contributed by atoms with Gasteiger partial charge in [-0.3, -0.25) is 9.59 Å². The van der Waals surface area contributed by atoms with Gasteiger partial charge in [0.15, 0.2) is 0 Å². The molecule has 2 amide bonds. The van der Waals surface area contributed by atoms with Gasteiger partial charge in [-0.2, -0.15) is 0 Å². The van der Waals surface area contributed by atoms with Crippen molar-refractivity contribution in [2.24, 2.45) is 0 Å². The summed E-state index contributed by atoms with van der Waals surface area (Å²) < 4.78 is 0. The monoisotopic (exact) mass is 404 g/mol. The Balaban J connectivity index is 1.60. The van der Waals surface area contributed by atoms with Gasteiger partial charge in [0.2, 0.25) is 5.91 Å². The van der Waals surface area contributed by atoms with Crippen molar-refractivity contribution in [2.75, 3.05) is 0 Å². The molecule has 3 aromatic rings. The van der Waals surface area contributed by atoms with Gasteiger partial charge >= 0.3 is 0 Å². The van der Waals surface area contributed by atoms with Crippen LogP contribution in [0.4, 0.5) is 0 Å². The Kier molecular flexibility index (Phi) is 5.63. The molecule has 1 aliphatic heterocycles. The number of carbonyl (C=O) groups is 2. The summed E-state index contributed by atoms with van der Waals surface area (Å²) in [7, 11) is 0. The Labute approximate surface area is 175 Å². The van der Waals surface area contributed by atoms with Gasteiger partial charge in [0.1, 0.15) is 6.04 Å². The maximum absolute atomic E-state index is 13.3. The standard InChI is InChI=1S/C24H21ClN2O2/c25-21-13-7-6-12-20(21)24(29)27-16-19-11-5-4-10-18(19)14-22(27)23(28)26-15-17-8-2-1-3-9-17/h1-13,22H,14-16H2,(H,26,28). The molecule has 3 aromatic carbocycles. The number of nitrogens with zero attached hydrogens (tertiary/aromatic N) is 1. The Hall–Kier alpha value is -3.11. The molecule has 1 aliphatic rings. The molecule has 0 radical (unpaired) electrons. The van der Waals surface area contributed by atoms with Crippen LogP contribution in [0.1, 0.15) is 27.0 Å². The number of nitrogens with one attached hydrogen (secondary N) is 1. The van der Waals surface area contributed by atoms with E-state index in [1.165, 1.54) is 0 Å². The van der Waals surface area contributed by atoms with Crippen LogP contribution in [0, 0.1) is 0 Å². The van der Waals surface area contributed by atoms with Gasteiger partial charge in [-0.15, -0.1) is 0 Å². The SMILES string of the molecule is O=C(NCc1ccccc1)C1Cc2ccccc2CN1C(=O)c1ccccc1Cl. The molecule has 0 saturated carbocycles. The number of hydrogen-bond donors (Lipinski definition) is 1. The molecule has 4 rings (SSSR count). The van der Waals surface area contributed by atoms with Crippen molar-refractivity contribution in [1.82, 2.24) is 10.2 Å². The average Bonchev–Trinajstić information content (AvgIpc) is 2.77. The number of fused-ring (bicyclic) bond motifs is 1. The van der Waals surface area contributed by atoms with E-state index in [-0.39, 0.29) is 11.8 Å². The number of benzene rings is 3. The van der Waals surface area contributed by atoms with Crippen molar-refractivity contribution in [3.05, 3.63) is 106 Å². The number of rotatable bonds is 4. The summed E-state index contributed by atoms with van der Waals surface area (Å²) in [6.45, 7) is 0.801. The second-order valence-electron chi connectivity index (χ2n) is 7.10. The first kappa shape index (κ1) is 19.2. The molecule has 1 heterocycles. The van der Waals surface area contributed by atoms with Crippen LogP contribution in [-0.4, -0.2) is 22.8 Å². The molecule has 1 N–H and O–H groups in total. The Morgan fingerprint density at radius 1 is 0.897 bits per heavy atom. The van der Waals surface area contributed by atoms with Gasteiger partial charge in [-0.25, -0.2) is 0 Å². The summed E-state index contributed by atoms with van der Waals surface area (Å²) in [6.07, 6.45) is 0.479. The van der Waals surface area contributed by atoms with Crippen LogP contribution < -0.4 is 5.32 Å². The number of hydrogen-bond acceptors (Lipinski definition) is 2. The highest BCUT2D eigenvalue weighted by Crippen LogP contribution is 2.27. The molecule has 0 spiro atoms. The average molecular weight is 405 g/mol. The number of amides is 2. The van der Waals surface area contributed by atoms with Crippen LogP contribution in [0.25, 0.3) is 0 Å². The molecular formula is C24H21ClN2O2. The van der Waals surface area contributed by atoms with Gasteiger partial charge in [-0.05, 0) is 28.8 Å². The summed E-state index contributed by atoms with van der Waals surface area (Å²) >= 11 is 6.26. The van der Waals surface area contributed by atoms with E-state index in [4.69, 9.17) is 11.6 Å². The van der Waals surface area contributed by atoms with Crippen molar-refractivity contribution in [3.63, 3.8) is 0 Å². The summed E-state index contributed by atoms with van der Waals surface area (Å²) in [5.41, 5.74) is 3.58. The fraction of sp³-hybridized carbons (Fsp3) is 0.167. The minimum absolute atomic E-state index is 0.163. The molecule has 0 aromatic heterocycles. The third kappa shape index (κ3) is 4.17. The first-order valence-electron chi connectivity index (χ1n) is 9.57. The predicted octanol–water partition coefficient (Wildman–Crippen LogP) is 4.22. The third-order valence-corrected chi connectivity index (χ3v) is 5.56. The molecule has 1 atom stereocenters. The third-order valence-electron chi connectivity index (χ3n) is 5.23. The molecule has 29 heavy (non-hydrogen) atoms. The zero-order valence-corrected chi connectivity index (χ0v) is 16.6. The van der Waals surface area contributed by atoms with Gasteiger partial charge in [0.25, 0.3) is 5.91 Å². The highest BCUT2D eigenvalue weighted by atomic mass is 35.5. The highest BCUT2D eigenvalue weighted by Gasteiger charge is 2.35. The van der Waals surface area contributed by atoms with Crippen molar-refractivity contribution in [3.8, 4) is 0 Å². The Morgan fingerprint density at radius 2 is 1.55 bits per heavy atom. The van der Waals surface area contributed by atoms with E-state index in [1.54, 1.807) is 29.2 Å². The molecule has 4 nitrogen and oxygen atoms in total. The van der Waals surface area contributed by atoms with Crippen molar-refractivity contribution >= 4 is 23.4 Å². The van der Waals surface area contributed by atoms with Crippen LogP contribution in [0.2, 0.25) is 5.02 Å². The van der Waals surface area contributed by atoms with Gasteiger partial charge in [0, 0.05) is 19.5 Å². The predicted molar refractivity (Wildman–Crippen MR) is 114 cm³/mol. The van der Waals surface area contributed by atoms with Gasteiger partial charge in [-0.1, -0.05) is 78.3 Å². The summed E-state index contributed by atoms with van der Waals surface area (Å²) in [5, 5.41) is 3.37. The number of carbonyl (C=O) groups excluding carboxylic acids is 2. The van der Waals surface area contributed by atoms with Crippen LogP contribution in [0.15, 0.2) is 78.9 Å². The van der Waals surface area contributed by atoms with E-state index in [2.05, 4.69) is 5.32 Å². The molecule has 0 aliphatic carbocycles. The largest absolute Gasteiger partial charge is 0.350 e. The van der Waals surface area contributed by atoms with Crippen LogP contribution >= 0.6 is 11.6 Å². The molecule has 0 saturated heterocycles. The summed E-state index contributed by atoms with van der Waals surface area (Å²) in [5.74, 6) is -0.395. The molecule has 5 heteroatoms. The van der Waals surface area contributed by atoms with Crippen LogP contribution in [-0.2, 0) is 24.3 Å². The second kappa shape index (κ2) is 8.50. The van der Waals surface area contributed by atoms with Crippen LogP contribution in [0.3, 0.4) is 0 Å². The van der Waals surface area contributed by atoms with Crippen molar-refractivity contribution < 1.29 is 9.59 Å². The fourth-order valence-electron chi connectivity index (χ4n) is 3.66. The topological polar surface area (TPSA) is 49.4 Å². The zero-order chi connectivity index (χ0) is 20.2. The van der Waals surface area contributed by atoms with E-state index < -0.39 is 6.04 Å². The van der Waals surface area contributed by atoms with Crippen molar-refractivity contribution in [2.45, 2.75) is 25.6 Å². The van der Waals surface area contributed by atoms with Crippen LogP contribution in [0.5, 0.6) is 0 Å². The Morgan fingerprint density at radius 3 is 2.31 bits per heavy atom. The Bertz CT molecular complexity index is 1040. The van der Waals surface area contributed by atoms with E-state index >= 15 is 0 Å². The lowest BCUT2D eigenvalue weighted by atomic mass is 9.92. The molecule has 146 valence electrons. The van der Waals surface area contributed by atoms with Crippen molar-refractivity contribution in [1.29, 1.82) is 0 Å². The lowest BCUT2D eigenvalue weighted by Crippen LogP contribution is -2.52. The molecule has 0 fully saturated rings. The quantitative estimate of drug-likeness (QED) is 0.707. The first-order valence-corrected chi connectivity index (χ1v) is 9.95. The molecule has 1 unspecified atom stereocenters. The molecule has 0 bridgehead atoms. The van der Waals surface area contributed by atoms with Gasteiger partial charge in [0.05, 0.1) is 10.6 Å². The maximum Gasteiger partial charge on any atom is 0.256 e. The minimum Gasteiger partial charge on any atom is -0.350 e. The van der Waals surface area contributed by atoms with E-state index in [0.717, 1.165) is 16.7 Å². The summed E-state index contributed by atoms with van der Waals surface area (Å²) in [6, 6.07) is 24.0. The lowest BCUT2D eigenvalue weighted by Gasteiger charge is -2.36. The normalized spacial score (nSPS) is 15.5. The molecular weight excluding hydrogens is 384 g/mol. The maximum atomic E-state index is 13.3. The zero-order valence-electron chi connectivity index (χ0n) is 15.8. The minimum atomic E-state index is -0.586. The van der Waals surface area contributed by atoms with E-state index in [9.17, 15) is 9.59 Å². The van der Waals surface area contributed by atoms with E-state index in [0.29, 0.717) is 30.1 Å².